The fraction of sp³-hybridized carbons (Fsp3) is 0.190. The lowest BCUT2D eigenvalue weighted by Crippen LogP contribution is -2.32. The number of nitrogens with zero attached hydrogens (tertiary/aromatic N) is 3. The number of amides is 1. The van der Waals surface area contributed by atoms with E-state index in [1.807, 2.05) is 38.1 Å². The normalized spacial score (nSPS) is 12.4. The minimum atomic E-state index is -0.287. The lowest BCUT2D eigenvalue weighted by Gasteiger charge is -2.12. The first-order valence-electron chi connectivity index (χ1n) is 9.23. The van der Waals surface area contributed by atoms with Crippen LogP contribution in [0.4, 0.5) is 5.82 Å². The van der Waals surface area contributed by atoms with Crippen molar-refractivity contribution >= 4 is 57.1 Å². The number of para-hydroxylation sites is 2. The average Bonchev–Trinajstić information content (AvgIpc) is 2.99. The number of rotatable bonds is 4. The van der Waals surface area contributed by atoms with Gasteiger partial charge in [0.25, 0.3) is 5.91 Å². The highest BCUT2D eigenvalue weighted by atomic mass is 35.5. The molecule has 2 aromatic heterocycles. The number of nitrogen functional groups attached to an aromatic ring is 1. The summed E-state index contributed by atoms with van der Waals surface area (Å²) in [5, 5.41) is 3.77. The van der Waals surface area contributed by atoms with Gasteiger partial charge in [0, 0.05) is 6.04 Å². The smallest absolute Gasteiger partial charge is 0.257 e. The van der Waals surface area contributed by atoms with E-state index in [0.29, 0.717) is 43.5 Å². The standard InChI is InChI=1S/C21H19Cl2N5O/c1-3-11(2)25-21(29)17-18-20(27-16-7-5-4-6-15(16)26-18)28(19(17)24)12-8-9-13(22)14(23)10-12/h4-11H,3,24H2,1-2H3,(H,25,29)/t11-/m1/s1. The van der Waals surface area contributed by atoms with E-state index in [4.69, 9.17) is 38.9 Å². The van der Waals surface area contributed by atoms with Crippen LogP contribution in [0.2, 0.25) is 10.0 Å². The molecule has 1 amide bonds. The minimum Gasteiger partial charge on any atom is -0.384 e. The minimum absolute atomic E-state index is 0.00121. The first-order valence-corrected chi connectivity index (χ1v) is 9.99. The van der Waals surface area contributed by atoms with Crippen LogP contribution in [-0.4, -0.2) is 26.5 Å². The molecular weight excluding hydrogens is 409 g/mol. The Bertz CT molecular complexity index is 1250. The van der Waals surface area contributed by atoms with E-state index < -0.39 is 0 Å². The quantitative estimate of drug-likeness (QED) is 0.480. The Morgan fingerprint density at radius 1 is 1.14 bits per heavy atom. The maximum atomic E-state index is 13.0. The third kappa shape index (κ3) is 3.39. The molecule has 0 fully saturated rings. The first-order chi connectivity index (χ1) is 13.9. The highest BCUT2D eigenvalue weighted by molar-refractivity contribution is 6.42. The second kappa shape index (κ2) is 7.54. The van der Waals surface area contributed by atoms with Gasteiger partial charge >= 0.3 is 0 Å². The molecular formula is C21H19Cl2N5O. The summed E-state index contributed by atoms with van der Waals surface area (Å²) in [6, 6.07) is 12.6. The fourth-order valence-corrected chi connectivity index (χ4v) is 3.46. The number of aromatic nitrogens is 3. The lowest BCUT2D eigenvalue weighted by molar-refractivity contribution is 0.0941. The zero-order valence-electron chi connectivity index (χ0n) is 15.9. The molecule has 6 nitrogen and oxygen atoms in total. The maximum Gasteiger partial charge on any atom is 0.257 e. The predicted molar refractivity (Wildman–Crippen MR) is 118 cm³/mol. The van der Waals surface area contributed by atoms with Gasteiger partial charge in [-0.15, -0.1) is 0 Å². The van der Waals surface area contributed by atoms with Crippen molar-refractivity contribution in [1.82, 2.24) is 19.9 Å². The second-order valence-corrected chi connectivity index (χ2v) is 7.68. The second-order valence-electron chi connectivity index (χ2n) is 6.86. The van der Waals surface area contributed by atoms with E-state index in [1.54, 1.807) is 22.8 Å². The third-order valence-corrected chi connectivity index (χ3v) is 5.62. The molecule has 2 aromatic carbocycles. The van der Waals surface area contributed by atoms with Gasteiger partial charge in [-0.2, -0.15) is 0 Å². The van der Waals surface area contributed by atoms with Crippen molar-refractivity contribution in [3.05, 3.63) is 58.1 Å². The average molecular weight is 428 g/mol. The molecule has 2 heterocycles. The summed E-state index contributed by atoms with van der Waals surface area (Å²) in [5.41, 5.74) is 9.71. The Morgan fingerprint density at radius 3 is 2.48 bits per heavy atom. The number of hydrogen-bond donors (Lipinski definition) is 2. The highest BCUT2D eigenvalue weighted by Gasteiger charge is 2.25. The van der Waals surface area contributed by atoms with Gasteiger partial charge in [0.1, 0.15) is 16.9 Å². The van der Waals surface area contributed by atoms with Crippen molar-refractivity contribution < 1.29 is 4.79 Å². The Balaban J connectivity index is 2.04. The number of benzene rings is 2. The highest BCUT2D eigenvalue weighted by Crippen LogP contribution is 2.33. The maximum absolute atomic E-state index is 13.0. The van der Waals surface area contributed by atoms with Gasteiger partial charge in [0.2, 0.25) is 0 Å². The molecule has 0 saturated carbocycles. The zero-order chi connectivity index (χ0) is 20.7. The van der Waals surface area contributed by atoms with Crippen LogP contribution in [0.25, 0.3) is 27.9 Å². The van der Waals surface area contributed by atoms with Crippen molar-refractivity contribution in [1.29, 1.82) is 0 Å². The van der Waals surface area contributed by atoms with Gasteiger partial charge in [0.05, 0.1) is 26.8 Å². The van der Waals surface area contributed by atoms with Crippen LogP contribution in [0.1, 0.15) is 30.6 Å². The zero-order valence-corrected chi connectivity index (χ0v) is 17.4. The van der Waals surface area contributed by atoms with E-state index in [1.165, 1.54) is 0 Å². The molecule has 3 N–H and O–H groups in total. The lowest BCUT2D eigenvalue weighted by atomic mass is 10.2. The number of nitrogens with one attached hydrogen (secondary N) is 1. The van der Waals surface area contributed by atoms with Crippen LogP contribution in [0.3, 0.4) is 0 Å². The third-order valence-electron chi connectivity index (χ3n) is 4.88. The van der Waals surface area contributed by atoms with Crippen molar-refractivity contribution in [2.24, 2.45) is 0 Å². The number of carbonyl (C=O) groups is 1. The first kappa shape index (κ1) is 19.5. The van der Waals surface area contributed by atoms with E-state index >= 15 is 0 Å². The summed E-state index contributed by atoms with van der Waals surface area (Å²) < 4.78 is 1.68. The molecule has 0 saturated heterocycles. The van der Waals surface area contributed by atoms with E-state index in [9.17, 15) is 4.79 Å². The molecule has 0 aliphatic carbocycles. The summed E-state index contributed by atoms with van der Waals surface area (Å²) in [6.45, 7) is 3.94. The van der Waals surface area contributed by atoms with Crippen LogP contribution < -0.4 is 11.1 Å². The van der Waals surface area contributed by atoms with Crippen LogP contribution in [-0.2, 0) is 0 Å². The van der Waals surface area contributed by atoms with Crippen LogP contribution in [0.15, 0.2) is 42.5 Å². The van der Waals surface area contributed by atoms with E-state index in [0.717, 1.165) is 6.42 Å². The summed E-state index contributed by atoms with van der Waals surface area (Å²) in [6.07, 6.45) is 0.797. The van der Waals surface area contributed by atoms with Gasteiger partial charge < -0.3 is 11.1 Å². The van der Waals surface area contributed by atoms with Gasteiger partial charge in [-0.25, -0.2) is 9.97 Å². The van der Waals surface area contributed by atoms with E-state index in [2.05, 4.69) is 5.32 Å². The number of fused-ring (bicyclic) bond motifs is 2. The van der Waals surface area contributed by atoms with Gasteiger partial charge in [0.15, 0.2) is 5.65 Å². The van der Waals surface area contributed by atoms with E-state index in [-0.39, 0.29) is 17.8 Å². The summed E-state index contributed by atoms with van der Waals surface area (Å²) in [7, 11) is 0. The molecule has 0 unspecified atom stereocenters. The number of nitrogens with two attached hydrogens (primary N) is 1. The SMILES string of the molecule is CC[C@@H](C)NC(=O)c1c(N)n(-c2ccc(Cl)c(Cl)c2)c2nc3ccccc3nc12. The molecule has 1 atom stereocenters. The number of hydrogen-bond acceptors (Lipinski definition) is 4. The molecule has 0 radical (unpaired) electrons. The molecule has 8 heteroatoms. The largest absolute Gasteiger partial charge is 0.384 e. The Labute approximate surface area is 177 Å². The molecule has 0 bridgehead atoms. The predicted octanol–water partition coefficient (Wildman–Crippen LogP) is 4.99. The van der Waals surface area contributed by atoms with Crippen molar-refractivity contribution in [2.75, 3.05) is 5.73 Å². The van der Waals surface area contributed by atoms with Crippen LogP contribution >= 0.6 is 23.2 Å². The number of carbonyl (C=O) groups excluding carboxylic acids is 1. The van der Waals surface area contributed by atoms with Crippen LogP contribution in [0, 0.1) is 0 Å². The molecule has 0 spiro atoms. The van der Waals surface area contributed by atoms with Crippen LogP contribution in [0.5, 0.6) is 0 Å². The summed E-state index contributed by atoms with van der Waals surface area (Å²) in [4.78, 5) is 22.5. The Kier molecular flexibility index (Phi) is 5.06. The monoisotopic (exact) mass is 427 g/mol. The van der Waals surface area contributed by atoms with Crippen molar-refractivity contribution in [3.63, 3.8) is 0 Å². The molecule has 0 aliphatic rings. The fourth-order valence-electron chi connectivity index (χ4n) is 3.17. The number of anilines is 1. The topological polar surface area (TPSA) is 85.8 Å². The molecule has 148 valence electrons. The van der Waals surface area contributed by atoms with Gasteiger partial charge in [-0.1, -0.05) is 42.3 Å². The van der Waals surface area contributed by atoms with Crippen molar-refractivity contribution in [2.45, 2.75) is 26.3 Å². The molecule has 4 rings (SSSR count). The van der Waals surface area contributed by atoms with Gasteiger partial charge in [-0.3, -0.25) is 9.36 Å². The summed E-state index contributed by atoms with van der Waals surface area (Å²) >= 11 is 12.3. The molecule has 4 aromatic rings. The Morgan fingerprint density at radius 2 is 1.83 bits per heavy atom. The number of halogens is 2. The Hall–Kier alpha value is -2.83. The molecule has 0 aliphatic heterocycles. The molecule has 29 heavy (non-hydrogen) atoms. The van der Waals surface area contributed by atoms with Crippen molar-refractivity contribution in [3.8, 4) is 5.69 Å². The summed E-state index contributed by atoms with van der Waals surface area (Å²) in [5.74, 6) is -0.0419. The van der Waals surface area contributed by atoms with Gasteiger partial charge in [-0.05, 0) is 43.7 Å².